The van der Waals surface area contributed by atoms with E-state index in [0.717, 1.165) is 19.3 Å². The first-order valence-electron chi connectivity index (χ1n) is 12.7. The second-order valence-electron chi connectivity index (χ2n) is 10.6. The average molecular weight is 542 g/mol. The number of benzene rings is 2. The molecule has 3 N–H and O–H groups in total. The molecule has 9 heteroatoms. The van der Waals surface area contributed by atoms with Crippen molar-refractivity contribution in [3.8, 4) is 11.5 Å². The molecule has 0 aromatic heterocycles. The molecule has 0 bridgehead atoms. The van der Waals surface area contributed by atoms with Crippen LogP contribution in [0, 0.1) is 0 Å². The molecule has 38 heavy (non-hydrogen) atoms. The zero-order valence-electron chi connectivity index (χ0n) is 22.2. The quantitative estimate of drug-likeness (QED) is 0.305. The number of carbonyl (C=O) groups is 1. The van der Waals surface area contributed by atoms with Crippen LogP contribution in [0.5, 0.6) is 11.5 Å². The first-order valence-corrected chi connectivity index (χ1v) is 14.2. The minimum atomic E-state index is -4.35. The number of hydrogen-bond acceptors (Lipinski definition) is 6. The highest BCUT2D eigenvalue weighted by molar-refractivity contribution is 7.85. The number of rotatable bonds is 8. The van der Waals surface area contributed by atoms with Crippen LogP contribution in [0.1, 0.15) is 74.9 Å². The molecule has 4 rings (SSSR count). The van der Waals surface area contributed by atoms with Gasteiger partial charge in [-0.15, -0.1) is 0 Å². The third-order valence-electron chi connectivity index (χ3n) is 7.36. The van der Waals surface area contributed by atoms with E-state index in [2.05, 4.69) is 32.9 Å². The SMILES string of the molecule is CC(C)=CCC/C(C)=C/CCC1(C)Oc2c(c(O)cc3c2CN(c2ccc(S(=O)(=O)O)cc2)C3=O)CC1O. The third kappa shape index (κ3) is 5.65. The van der Waals surface area contributed by atoms with Gasteiger partial charge in [-0.2, -0.15) is 8.42 Å². The van der Waals surface area contributed by atoms with Gasteiger partial charge in [0, 0.05) is 23.2 Å². The fourth-order valence-electron chi connectivity index (χ4n) is 5.01. The number of ether oxygens (including phenoxy) is 1. The number of amides is 1. The van der Waals surface area contributed by atoms with Crippen molar-refractivity contribution >= 4 is 21.7 Å². The molecule has 204 valence electrons. The molecule has 2 aliphatic heterocycles. The van der Waals surface area contributed by atoms with E-state index in [0.29, 0.717) is 34.5 Å². The molecule has 0 fully saturated rings. The van der Waals surface area contributed by atoms with Crippen molar-refractivity contribution in [3.05, 3.63) is 70.3 Å². The first-order chi connectivity index (χ1) is 17.8. The van der Waals surface area contributed by atoms with Gasteiger partial charge in [-0.3, -0.25) is 9.35 Å². The number of aliphatic hydroxyl groups is 1. The van der Waals surface area contributed by atoms with E-state index in [4.69, 9.17) is 4.74 Å². The molecule has 2 heterocycles. The van der Waals surface area contributed by atoms with E-state index < -0.39 is 21.8 Å². The van der Waals surface area contributed by atoms with Crippen LogP contribution in [0.25, 0.3) is 0 Å². The topological polar surface area (TPSA) is 124 Å². The summed E-state index contributed by atoms with van der Waals surface area (Å²) in [4.78, 5) is 14.4. The molecule has 0 aliphatic carbocycles. The van der Waals surface area contributed by atoms with Crippen LogP contribution >= 0.6 is 0 Å². The lowest BCUT2D eigenvalue weighted by atomic mass is 9.84. The first kappa shape index (κ1) is 27.9. The predicted octanol–water partition coefficient (Wildman–Crippen LogP) is 5.33. The Morgan fingerprint density at radius 3 is 2.45 bits per heavy atom. The Balaban J connectivity index is 1.56. The lowest BCUT2D eigenvalue weighted by Crippen LogP contribution is -2.49. The molecule has 0 spiro atoms. The van der Waals surface area contributed by atoms with Gasteiger partial charge >= 0.3 is 0 Å². The minimum Gasteiger partial charge on any atom is -0.508 e. The van der Waals surface area contributed by atoms with Gasteiger partial charge in [-0.1, -0.05) is 23.3 Å². The Morgan fingerprint density at radius 1 is 1.13 bits per heavy atom. The summed E-state index contributed by atoms with van der Waals surface area (Å²) in [6.07, 6.45) is 6.99. The molecule has 0 saturated heterocycles. The van der Waals surface area contributed by atoms with E-state index in [1.54, 1.807) is 0 Å². The van der Waals surface area contributed by atoms with Crippen molar-refractivity contribution in [1.82, 2.24) is 0 Å². The van der Waals surface area contributed by atoms with E-state index in [1.165, 1.54) is 46.4 Å². The normalized spacial score (nSPS) is 21.1. The van der Waals surface area contributed by atoms with Crippen molar-refractivity contribution in [2.45, 2.75) is 82.9 Å². The molecule has 8 nitrogen and oxygen atoms in total. The summed E-state index contributed by atoms with van der Waals surface area (Å²) >= 11 is 0. The number of phenols is 1. The summed E-state index contributed by atoms with van der Waals surface area (Å²) in [6.45, 7) is 8.28. The molecule has 0 saturated carbocycles. The Labute approximate surface area is 224 Å². The van der Waals surface area contributed by atoms with Crippen LogP contribution in [0.3, 0.4) is 0 Å². The highest BCUT2D eigenvalue weighted by Crippen LogP contribution is 2.47. The number of anilines is 1. The van der Waals surface area contributed by atoms with Crippen LogP contribution < -0.4 is 9.64 Å². The Kier molecular flexibility index (Phi) is 7.74. The summed E-state index contributed by atoms with van der Waals surface area (Å²) in [7, 11) is -4.35. The number of aliphatic hydroxyl groups excluding tert-OH is 1. The van der Waals surface area contributed by atoms with Crippen molar-refractivity contribution in [2.24, 2.45) is 0 Å². The Morgan fingerprint density at radius 2 is 1.82 bits per heavy atom. The molecular weight excluding hydrogens is 506 g/mol. The predicted molar refractivity (Wildman–Crippen MR) is 145 cm³/mol. The maximum atomic E-state index is 13.2. The van der Waals surface area contributed by atoms with Crippen molar-refractivity contribution in [3.63, 3.8) is 0 Å². The zero-order valence-corrected chi connectivity index (χ0v) is 23.0. The number of carbonyl (C=O) groups excluding carboxylic acids is 1. The van der Waals surface area contributed by atoms with Gasteiger partial charge in [-0.25, -0.2) is 0 Å². The van der Waals surface area contributed by atoms with E-state index in [9.17, 15) is 28.0 Å². The standard InChI is InChI=1S/C29H35NO7S/c1-18(2)7-5-8-19(3)9-6-14-29(4)26(32)16-23-25(31)15-22-24(27(23)37-29)17-30(28(22)33)20-10-12-21(13-11-20)38(34,35)36/h7,9-13,15,26,31-32H,5-6,8,14,16-17H2,1-4H3,(H,34,35,36)/b19-9+. The average Bonchev–Trinajstić information content (AvgIpc) is 3.16. The molecule has 2 unspecified atom stereocenters. The summed E-state index contributed by atoms with van der Waals surface area (Å²) in [5.41, 5.74) is 3.50. The highest BCUT2D eigenvalue weighted by atomic mass is 32.2. The van der Waals surface area contributed by atoms with Crippen molar-refractivity contribution in [1.29, 1.82) is 0 Å². The number of phenolic OH excluding ortho intramolecular Hbond substituents is 1. The fraction of sp³-hybridized carbons (Fsp3) is 0.414. The lowest BCUT2D eigenvalue weighted by Gasteiger charge is -2.40. The van der Waals surface area contributed by atoms with Crippen molar-refractivity contribution in [2.75, 3.05) is 4.90 Å². The molecule has 2 aromatic carbocycles. The van der Waals surface area contributed by atoms with E-state index in [1.807, 2.05) is 6.92 Å². The maximum absolute atomic E-state index is 13.2. The minimum absolute atomic E-state index is 0.105. The smallest absolute Gasteiger partial charge is 0.294 e. The molecular formula is C29H35NO7S. The van der Waals surface area contributed by atoms with E-state index >= 15 is 0 Å². The van der Waals surface area contributed by atoms with Gasteiger partial charge in [0.1, 0.15) is 17.1 Å². The van der Waals surface area contributed by atoms with Crippen LogP contribution in [0.2, 0.25) is 0 Å². The lowest BCUT2D eigenvalue weighted by molar-refractivity contribution is -0.0597. The highest BCUT2D eigenvalue weighted by Gasteiger charge is 2.44. The van der Waals surface area contributed by atoms with Gasteiger partial charge in [0.15, 0.2) is 0 Å². The Hall–Kier alpha value is -3.14. The van der Waals surface area contributed by atoms with Crippen LogP contribution in [-0.4, -0.2) is 40.8 Å². The molecule has 2 aliphatic rings. The zero-order chi connectivity index (χ0) is 27.8. The largest absolute Gasteiger partial charge is 0.508 e. The second-order valence-corrected chi connectivity index (χ2v) is 12.1. The Bertz CT molecular complexity index is 1410. The number of fused-ring (bicyclic) bond motifs is 3. The molecule has 2 atom stereocenters. The van der Waals surface area contributed by atoms with Gasteiger partial charge in [-0.05, 0) is 83.7 Å². The van der Waals surface area contributed by atoms with Crippen LogP contribution in [0.4, 0.5) is 5.69 Å². The molecule has 1 amide bonds. The molecule has 0 radical (unpaired) electrons. The summed E-state index contributed by atoms with van der Waals surface area (Å²) < 4.78 is 38.4. The van der Waals surface area contributed by atoms with Crippen molar-refractivity contribution < 1.29 is 32.7 Å². The monoisotopic (exact) mass is 541 g/mol. The number of aromatic hydroxyl groups is 1. The second kappa shape index (κ2) is 10.6. The van der Waals surface area contributed by atoms with Gasteiger partial charge in [0.25, 0.3) is 16.0 Å². The van der Waals surface area contributed by atoms with Crippen LogP contribution in [0.15, 0.2) is 58.5 Å². The number of hydrogen-bond donors (Lipinski definition) is 3. The van der Waals surface area contributed by atoms with Crippen LogP contribution in [-0.2, 0) is 23.1 Å². The third-order valence-corrected chi connectivity index (χ3v) is 8.23. The number of allylic oxidation sites excluding steroid dienone is 4. The summed E-state index contributed by atoms with van der Waals surface area (Å²) in [5.74, 6) is -0.0432. The van der Waals surface area contributed by atoms with Gasteiger partial charge in [0.2, 0.25) is 0 Å². The van der Waals surface area contributed by atoms with Gasteiger partial charge in [0.05, 0.1) is 23.1 Å². The summed E-state index contributed by atoms with van der Waals surface area (Å²) in [6, 6.07) is 6.75. The van der Waals surface area contributed by atoms with E-state index in [-0.39, 0.29) is 29.5 Å². The number of nitrogens with zero attached hydrogens (tertiary/aromatic N) is 1. The maximum Gasteiger partial charge on any atom is 0.294 e. The summed E-state index contributed by atoms with van der Waals surface area (Å²) in [5, 5.41) is 21.7. The fourth-order valence-corrected chi connectivity index (χ4v) is 5.49. The molecule has 2 aromatic rings. The van der Waals surface area contributed by atoms with Gasteiger partial charge < -0.3 is 19.8 Å².